The number of urea groups is 1. The van der Waals surface area contributed by atoms with Crippen molar-refractivity contribution in [2.45, 2.75) is 31.2 Å². The monoisotopic (exact) mass is 375 g/mol. The zero-order valence-electron chi connectivity index (χ0n) is 14.1. The summed E-state index contributed by atoms with van der Waals surface area (Å²) in [4.78, 5) is 12.0. The van der Waals surface area contributed by atoms with E-state index in [1.807, 2.05) is 6.07 Å². The molecule has 0 atom stereocenters. The summed E-state index contributed by atoms with van der Waals surface area (Å²) in [5, 5.41) is 14.3. The lowest BCUT2D eigenvalue weighted by molar-refractivity contribution is -0.137. The molecule has 2 N–H and O–H groups in total. The van der Waals surface area contributed by atoms with Crippen molar-refractivity contribution in [2.24, 2.45) is 0 Å². The highest BCUT2D eigenvalue weighted by Gasteiger charge is 2.33. The van der Waals surface area contributed by atoms with E-state index in [9.17, 15) is 18.0 Å². The molecule has 27 heavy (non-hydrogen) atoms. The van der Waals surface area contributed by atoms with E-state index in [2.05, 4.69) is 10.6 Å². The maximum Gasteiger partial charge on any atom is 0.416 e. The summed E-state index contributed by atoms with van der Waals surface area (Å²) in [6, 6.07) is 12.6. The summed E-state index contributed by atoms with van der Waals surface area (Å²) >= 11 is 0. The molecule has 0 bridgehead atoms. The Morgan fingerprint density at radius 3 is 2.48 bits per heavy atom. The van der Waals surface area contributed by atoms with Crippen molar-refractivity contribution < 1.29 is 22.7 Å². The second-order valence-electron chi connectivity index (χ2n) is 6.22. The molecule has 1 aliphatic rings. The van der Waals surface area contributed by atoms with Crippen LogP contribution in [0.5, 0.6) is 5.75 Å². The van der Waals surface area contributed by atoms with Gasteiger partial charge < -0.3 is 15.4 Å². The summed E-state index contributed by atoms with van der Waals surface area (Å²) in [6.07, 6.45) is -3.40. The Labute approximate surface area is 153 Å². The van der Waals surface area contributed by atoms with Crippen molar-refractivity contribution in [1.29, 1.82) is 5.26 Å². The summed E-state index contributed by atoms with van der Waals surface area (Å²) in [6.45, 7) is 0. The van der Waals surface area contributed by atoms with Crippen LogP contribution in [0.2, 0.25) is 0 Å². The van der Waals surface area contributed by atoms with Gasteiger partial charge in [-0.2, -0.15) is 18.4 Å². The third-order valence-corrected chi connectivity index (χ3v) is 4.16. The lowest BCUT2D eigenvalue weighted by Gasteiger charge is -2.35. The van der Waals surface area contributed by atoms with Crippen molar-refractivity contribution >= 4 is 11.7 Å². The number of ether oxygens (including phenoxy) is 1. The number of benzene rings is 2. The molecule has 1 fully saturated rings. The standard InChI is InChI=1S/C19H16F3N3O2/c20-19(21,22)13-4-6-16(7-5-13)27-17-9-15(10-17)25-18(26)24-14-3-1-2-12(8-14)11-23/h1-8,15,17H,9-10H2,(H2,24,25,26). The molecule has 140 valence electrons. The number of carbonyl (C=O) groups excluding carboxylic acids is 1. The van der Waals surface area contributed by atoms with Gasteiger partial charge in [0.15, 0.2) is 0 Å². The van der Waals surface area contributed by atoms with Crippen molar-refractivity contribution in [3.05, 3.63) is 59.7 Å². The fourth-order valence-electron chi connectivity index (χ4n) is 2.71. The molecule has 2 aromatic carbocycles. The van der Waals surface area contributed by atoms with E-state index in [4.69, 9.17) is 10.00 Å². The highest BCUT2D eigenvalue weighted by Crippen LogP contribution is 2.32. The van der Waals surface area contributed by atoms with Gasteiger partial charge in [-0.3, -0.25) is 0 Å². The third-order valence-electron chi connectivity index (χ3n) is 4.16. The van der Waals surface area contributed by atoms with Gasteiger partial charge in [0.1, 0.15) is 11.9 Å². The van der Waals surface area contributed by atoms with Crippen LogP contribution >= 0.6 is 0 Å². The molecule has 0 saturated heterocycles. The highest BCUT2D eigenvalue weighted by atomic mass is 19.4. The molecule has 0 aromatic heterocycles. The first kappa shape index (κ1) is 18.6. The van der Waals surface area contributed by atoms with Crippen molar-refractivity contribution in [3.8, 4) is 11.8 Å². The van der Waals surface area contributed by atoms with Gasteiger partial charge in [0.05, 0.1) is 17.2 Å². The molecule has 5 nitrogen and oxygen atoms in total. The first-order valence-electron chi connectivity index (χ1n) is 8.25. The number of carbonyl (C=O) groups is 1. The zero-order valence-corrected chi connectivity index (χ0v) is 14.1. The Bertz CT molecular complexity index is 854. The minimum Gasteiger partial charge on any atom is -0.490 e. The Morgan fingerprint density at radius 2 is 1.85 bits per heavy atom. The van der Waals surface area contributed by atoms with Crippen LogP contribution in [-0.4, -0.2) is 18.2 Å². The molecular formula is C19H16F3N3O2. The fourth-order valence-corrected chi connectivity index (χ4v) is 2.71. The molecule has 2 aromatic rings. The first-order chi connectivity index (χ1) is 12.8. The minimum atomic E-state index is -4.37. The number of amides is 2. The van der Waals surface area contributed by atoms with E-state index < -0.39 is 11.7 Å². The van der Waals surface area contributed by atoms with Crippen LogP contribution < -0.4 is 15.4 Å². The summed E-state index contributed by atoms with van der Waals surface area (Å²) < 4.78 is 43.2. The molecule has 0 radical (unpaired) electrons. The van der Waals surface area contributed by atoms with Crippen LogP contribution in [-0.2, 0) is 6.18 Å². The van der Waals surface area contributed by atoms with Crippen LogP contribution in [0.25, 0.3) is 0 Å². The number of rotatable bonds is 4. The molecule has 1 saturated carbocycles. The SMILES string of the molecule is N#Cc1cccc(NC(=O)NC2CC(Oc3ccc(C(F)(F)F)cc3)C2)c1. The van der Waals surface area contributed by atoms with Crippen molar-refractivity contribution in [1.82, 2.24) is 5.32 Å². The third kappa shape index (κ3) is 4.91. The van der Waals surface area contributed by atoms with Crippen LogP contribution in [0.3, 0.4) is 0 Å². The van der Waals surface area contributed by atoms with Gasteiger partial charge in [-0.1, -0.05) is 6.07 Å². The van der Waals surface area contributed by atoms with Crippen molar-refractivity contribution in [3.63, 3.8) is 0 Å². The summed E-state index contributed by atoms with van der Waals surface area (Å²) in [5.74, 6) is 0.365. The van der Waals surface area contributed by atoms with Gasteiger partial charge >= 0.3 is 12.2 Å². The predicted molar refractivity (Wildman–Crippen MR) is 92.2 cm³/mol. The van der Waals surface area contributed by atoms with E-state index in [0.717, 1.165) is 12.1 Å². The lowest BCUT2D eigenvalue weighted by Crippen LogP contribution is -2.50. The van der Waals surface area contributed by atoms with E-state index in [1.54, 1.807) is 24.3 Å². The van der Waals surface area contributed by atoms with E-state index in [1.165, 1.54) is 12.1 Å². The molecular weight excluding hydrogens is 359 g/mol. The molecule has 0 heterocycles. The smallest absolute Gasteiger partial charge is 0.416 e. The van der Waals surface area contributed by atoms with Gasteiger partial charge in [0.2, 0.25) is 0 Å². The number of alkyl halides is 3. The average Bonchev–Trinajstić information content (AvgIpc) is 2.59. The summed E-state index contributed by atoms with van der Waals surface area (Å²) in [7, 11) is 0. The van der Waals surface area contributed by atoms with Gasteiger partial charge in [-0.25, -0.2) is 4.79 Å². The van der Waals surface area contributed by atoms with Crippen molar-refractivity contribution in [2.75, 3.05) is 5.32 Å². The number of nitrogens with one attached hydrogen (secondary N) is 2. The topological polar surface area (TPSA) is 74.2 Å². The van der Waals surface area contributed by atoms with Gasteiger partial charge in [0, 0.05) is 24.6 Å². The number of hydrogen-bond acceptors (Lipinski definition) is 3. The Morgan fingerprint density at radius 1 is 1.15 bits per heavy atom. The molecule has 8 heteroatoms. The molecule has 1 aliphatic carbocycles. The minimum absolute atomic E-state index is 0.0800. The number of anilines is 1. The molecule has 2 amide bonds. The number of nitriles is 1. The van der Waals surface area contributed by atoms with Gasteiger partial charge in [-0.15, -0.1) is 0 Å². The maximum atomic E-state index is 12.5. The van der Waals surface area contributed by atoms with Gasteiger partial charge in [0.25, 0.3) is 0 Å². The normalized spacial score (nSPS) is 18.7. The van der Waals surface area contributed by atoms with E-state index >= 15 is 0 Å². The van der Waals surface area contributed by atoms with Gasteiger partial charge in [-0.05, 0) is 42.5 Å². The van der Waals surface area contributed by atoms with Crippen LogP contribution in [0.4, 0.5) is 23.7 Å². The van der Waals surface area contributed by atoms with Crippen LogP contribution in [0, 0.1) is 11.3 Å². The molecule has 3 rings (SSSR count). The highest BCUT2D eigenvalue weighted by molar-refractivity contribution is 5.89. The Balaban J connectivity index is 1.43. The Kier molecular flexibility index (Phi) is 5.21. The Hall–Kier alpha value is -3.21. The average molecular weight is 375 g/mol. The number of nitrogens with zero attached hydrogens (tertiary/aromatic N) is 1. The summed E-state index contributed by atoms with van der Waals surface area (Å²) in [5.41, 5.74) is 0.241. The van der Waals surface area contributed by atoms with E-state index in [-0.39, 0.29) is 18.2 Å². The quantitative estimate of drug-likeness (QED) is 0.836. The molecule has 0 spiro atoms. The fraction of sp³-hybridized carbons (Fsp3) is 0.263. The first-order valence-corrected chi connectivity index (χ1v) is 8.25. The predicted octanol–water partition coefficient (Wildman–Crippen LogP) is 4.31. The van der Waals surface area contributed by atoms with Crippen LogP contribution in [0.1, 0.15) is 24.0 Å². The van der Waals surface area contributed by atoms with E-state index in [0.29, 0.717) is 29.8 Å². The second-order valence-corrected chi connectivity index (χ2v) is 6.22. The second kappa shape index (κ2) is 7.58. The molecule has 0 unspecified atom stereocenters. The largest absolute Gasteiger partial charge is 0.490 e. The zero-order chi connectivity index (χ0) is 19.4. The number of halogens is 3. The maximum absolute atomic E-state index is 12.5. The van der Waals surface area contributed by atoms with Crippen LogP contribution in [0.15, 0.2) is 48.5 Å². The number of hydrogen-bond donors (Lipinski definition) is 2. The molecule has 0 aliphatic heterocycles. The lowest BCUT2D eigenvalue weighted by atomic mass is 9.89.